The Morgan fingerprint density at radius 2 is 2.17 bits per heavy atom. The van der Waals surface area contributed by atoms with Crippen LogP contribution in [0.1, 0.15) is 35.8 Å². The molecule has 5 nitrogen and oxygen atoms in total. The molecule has 0 saturated carbocycles. The number of amides is 1. The molecule has 1 atom stereocenters. The van der Waals surface area contributed by atoms with Crippen molar-refractivity contribution >= 4 is 5.91 Å². The van der Waals surface area contributed by atoms with E-state index in [2.05, 4.69) is 34.5 Å². The van der Waals surface area contributed by atoms with E-state index in [9.17, 15) is 9.90 Å². The summed E-state index contributed by atoms with van der Waals surface area (Å²) in [5.41, 5.74) is 2.68. The molecule has 1 aromatic carbocycles. The van der Waals surface area contributed by atoms with E-state index < -0.39 is 0 Å². The van der Waals surface area contributed by atoms with Gasteiger partial charge in [0, 0.05) is 19.2 Å². The van der Waals surface area contributed by atoms with Crippen LogP contribution in [0.4, 0.5) is 0 Å². The Kier molecular flexibility index (Phi) is 5.67. The monoisotopic (exact) mass is 328 g/mol. The second kappa shape index (κ2) is 8.13. The average Bonchev–Trinajstić information content (AvgIpc) is 3.26. The molecule has 2 aromatic rings. The van der Waals surface area contributed by atoms with Gasteiger partial charge in [-0.25, -0.2) is 0 Å². The SMILES string of the molecule is O=C(CN(CCCO)C1CCc2ccccc21)NCc1ccco1. The van der Waals surface area contributed by atoms with Crippen LogP contribution in [0.2, 0.25) is 0 Å². The number of carbonyl (C=O) groups excluding carboxylic acids is 1. The van der Waals surface area contributed by atoms with Crippen LogP contribution in [-0.2, 0) is 17.8 Å². The summed E-state index contributed by atoms with van der Waals surface area (Å²) in [5.74, 6) is 0.727. The molecule has 3 rings (SSSR count). The Hall–Kier alpha value is -2.11. The van der Waals surface area contributed by atoms with Crippen LogP contribution in [0.15, 0.2) is 47.1 Å². The van der Waals surface area contributed by atoms with Crippen molar-refractivity contribution < 1.29 is 14.3 Å². The molecule has 1 aliphatic carbocycles. The van der Waals surface area contributed by atoms with E-state index >= 15 is 0 Å². The van der Waals surface area contributed by atoms with Gasteiger partial charge in [-0.15, -0.1) is 0 Å². The highest BCUT2D eigenvalue weighted by atomic mass is 16.3. The molecule has 1 heterocycles. The fourth-order valence-corrected chi connectivity index (χ4v) is 3.37. The first-order chi connectivity index (χ1) is 11.8. The first-order valence-electron chi connectivity index (χ1n) is 8.49. The maximum Gasteiger partial charge on any atom is 0.234 e. The number of aryl methyl sites for hydroxylation is 1. The molecule has 2 N–H and O–H groups in total. The van der Waals surface area contributed by atoms with Gasteiger partial charge < -0.3 is 14.8 Å². The number of furan rings is 1. The smallest absolute Gasteiger partial charge is 0.234 e. The fourth-order valence-electron chi connectivity index (χ4n) is 3.37. The minimum absolute atomic E-state index is 0.0197. The predicted octanol–water partition coefficient (Wildman–Crippen LogP) is 2.27. The first-order valence-corrected chi connectivity index (χ1v) is 8.49. The van der Waals surface area contributed by atoms with Crippen LogP contribution in [-0.4, -0.2) is 35.6 Å². The number of benzene rings is 1. The number of fused-ring (bicyclic) bond motifs is 1. The number of nitrogens with zero attached hydrogens (tertiary/aromatic N) is 1. The second-order valence-electron chi connectivity index (χ2n) is 6.16. The normalized spacial score (nSPS) is 16.3. The lowest BCUT2D eigenvalue weighted by Crippen LogP contribution is -2.39. The Labute approximate surface area is 142 Å². The van der Waals surface area contributed by atoms with Crippen molar-refractivity contribution in [2.45, 2.75) is 31.8 Å². The molecule has 0 aliphatic heterocycles. The molecule has 0 bridgehead atoms. The van der Waals surface area contributed by atoms with Crippen LogP contribution < -0.4 is 5.32 Å². The molecule has 1 aromatic heterocycles. The van der Waals surface area contributed by atoms with E-state index in [-0.39, 0.29) is 18.6 Å². The van der Waals surface area contributed by atoms with Crippen molar-refractivity contribution in [2.24, 2.45) is 0 Å². The fraction of sp³-hybridized carbons (Fsp3) is 0.421. The quantitative estimate of drug-likeness (QED) is 0.780. The summed E-state index contributed by atoms with van der Waals surface area (Å²) in [7, 11) is 0. The van der Waals surface area contributed by atoms with Crippen molar-refractivity contribution in [1.82, 2.24) is 10.2 Å². The van der Waals surface area contributed by atoms with Crippen LogP contribution in [0, 0.1) is 0 Å². The molecular formula is C19H24N2O3. The van der Waals surface area contributed by atoms with Crippen LogP contribution in [0.25, 0.3) is 0 Å². The first kappa shape index (κ1) is 16.7. The molecule has 0 fully saturated rings. The van der Waals surface area contributed by atoms with Crippen molar-refractivity contribution in [2.75, 3.05) is 19.7 Å². The number of nitrogens with one attached hydrogen (secondary N) is 1. The van der Waals surface area contributed by atoms with E-state index in [0.29, 0.717) is 26.1 Å². The molecular weight excluding hydrogens is 304 g/mol. The molecule has 0 spiro atoms. The van der Waals surface area contributed by atoms with Gasteiger partial charge in [-0.05, 0) is 42.5 Å². The van der Waals surface area contributed by atoms with Crippen LogP contribution in [0.3, 0.4) is 0 Å². The summed E-state index contributed by atoms with van der Waals surface area (Å²) in [4.78, 5) is 14.5. The summed E-state index contributed by atoms with van der Waals surface area (Å²) in [6, 6.07) is 12.3. The zero-order chi connectivity index (χ0) is 16.8. The summed E-state index contributed by atoms with van der Waals surface area (Å²) >= 11 is 0. The Balaban J connectivity index is 1.62. The van der Waals surface area contributed by atoms with Crippen molar-refractivity contribution in [3.63, 3.8) is 0 Å². The maximum absolute atomic E-state index is 12.3. The molecule has 24 heavy (non-hydrogen) atoms. The maximum atomic E-state index is 12.3. The number of carbonyl (C=O) groups is 1. The van der Waals surface area contributed by atoms with Gasteiger partial charge in [-0.3, -0.25) is 9.69 Å². The predicted molar refractivity (Wildman–Crippen MR) is 91.3 cm³/mol. The number of rotatable bonds is 8. The summed E-state index contributed by atoms with van der Waals surface area (Å²) in [5, 5.41) is 12.1. The van der Waals surface area contributed by atoms with Gasteiger partial charge in [0.1, 0.15) is 5.76 Å². The standard InChI is InChI=1S/C19H24N2O3/c22-11-4-10-21(14-19(23)20-13-16-6-3-12-24-16)18-9-8-15-5-1-2-7-17(15)18/h1-3,5-7,12,18,22H,4,8-11,13-14H2,(H,20,23). The molecule has 1 amide bonds. The summed E-state index contributed by atoms with van der Waals surface area (Å²) < 4.78 is 5.24. The molecule has 128 valence electrons. The van der Waals surface area contributed by atoms with E-state index in [1.807, 2.05) is 12.1 Å². The van der Waals surface area contributed by atoms with Crippen LogP contribution >= 0.6 is 0 Å². The third-order valence-corrected chi connectivity index (χ3v) is 4.53. The minimum Gasteiger partial charge on any atom is -0.467 e. The lowest BCUT2D eigenvalue weighted by molar-refractivity contribution is -0.123. The van der Waals surface area contributed by atoms with Gasteiger partial charge in [0.25, 0.3) is 0 Å². The van der Waals surface area contributed by atoms with Gasteiger partial charge in [0.05, 0.1) is 19.4 Å². The highest BCUT2D eigenvalue weighted by Gasteiger charge is 2.28. The second-order valence-corrected chi connectivity index (χ2v) is 6.16. The lowest BCUT2D eigenvalue weighted by atomic mass is 10.1. The lowest BCUT2D eigenvalue weighted by Gasteiger charge is -2.29. The zero-order valence-electron chi connectivity index (χ0n) is 13.8. The Morgan fingerprint density at radius 1 is 1.29 bits per heavy atom. The molecule has 5 heteroatoms. The third kappa shape index (κ3) is 4.04. The molecule has 0 radical (unpaired) electrons. The summed E-state index contributed by atoms with van der Waals surface area (Å²) in [6.45, 7) is 1.59. The third-order valence-electron chi connectivity index (χ3n) is 4.53. The van der Waals surface area contributed by atoms with Gasteiger partial charge in [-0.1, -0.05) is 24.3 Å². The van der Waals surface area contributed by atoms with Gasteiger partial charge in [0.15, 0.2) is 0 Å². The largest absolute Gasteiger partial charge is 0.467 e. The van der Waals surface area contributed by atoms with Crippen LogP contribution in [0.5, 0.6) is 0 Å². The van der Waals surface area contributed by atoms with Crippen molar-refractivity contribution in [3.05, 3.63) is 59.5 Å². The Morgan fingerprint density at radius 3 is 2.96 bits per heavy atom. The highest BCUT2D eigenvalue weighted by molar-refractivity contribution is 5.78. The topological polar surface area (TPSA) is 65.7 Å². The van der Waals surface area contributed by atoms with E-state index in [1.165, 1.54) is 11.1 Å². The van der Waals surface area contributed by atoms with Crippen molar-refractivity contribution in [1.29, 1.82) is 0 Å². The molecule has 1 aliphatic rings. The number of aliphatic hydroxyl groups is 1. The van der Waals surface area contributed by atoms with Gasteiger partial charge in [-0.2, -0.15) is 0 Å². The number of aliphatic hydroxyl groups excluding tert-OH is 1. The van der Waals surface area contributed by atoms with Gasteiger partial charge in [0.2, 0.25) is 5.91 Å². The number of hydrogen-bond acceptors (Lipinski definition) is 4. The zero-order valence-corrected chi connectivity index (χ0v) is 13.8. The van der Waals surface area contributed by atoms with E-state index in [0.717, 1.165) is 18.6 Å². The Bertz CT molecular complexity index is 654. The molecule has 1 unspecified atom stereocenters. The summed E-state index contributed by atoms with van der Waals surface area (Å²) in [6.07, 6.45) is 4.34. The number of hydrogen-bond donors (Lipinski definition) is 2. The average molecular weight is 328 g/mol. The molecule has 0 saturated heterocycles. The van der Waals surface area contributed by atoms with E-state index in [4.69, 9.17) is 4.42 Å². The van der Waals surface area contributed by atoms with Crippen molar-refractivity contribution in [3.8, 4) is 0 Å². The van der Waals surface area contributed by atoms with E-state index in [1.54, 1.807) is 6.26 Å². The minimum atomic E-state index is -0.0197. The highest BCUT2D eigenvalue weighted by Crippen LogP contribution is 2.35. The van der Waals surface area contributed by atoms with Gasteiger partial charge >= 0.3 is 0 Å².